The first-order valence-electron chi connectivity index (χ1n) is 6.60. The lowest BCUT2D eigenvalue weighted by molar-refractivity contribution is 0.365. The summed E-state index contributed by atoms with van der Waals surface area (Å²) < 4.78 is 2.89. The number of hydrazine groups is 1. The van der Waals surface area contributed by atoms with Gasteiger partial charge in [-0.15, -0.1) is 0 Å². The van der Waals surface area contributed by atoms with Gasteiger partial charge in [-0.05, 0) is 47.7 Å². The molecule has 114 valence electrons. The standard InChI is InChI=1S/C14H19BrClN5/c1-20(2)7-8-21-14(12(15)9-18-21)13(19-17)10-3-5-11(16)6-4-10/h3-6,9,13,19H,7-8,17H2,1-2H3. The number of nitrogens with zero attached hydrogens (tertiary/aromatic N) is 3. The van der Waals surface area contributed by atoms with Crippen LogP contribution in [-0.4, -0.2) is 35.3 Å². The molecule has 1 aromatic carbocycles. The number of nitrogens with two attached hydrogens (primary N) is 1. The largest absolute Gasteiger partial charge is 0.308 e. The zero-order valence-electron chi connectivity index (χ0n) is 12.1. The first kappa shape index (κ1) is 16.5. The highest BCUT2D eigenvalue weighted by molar-refractivity contribution is 9.10. The third-order valence-corrected chi connectivity index (χ3v) is 4.10. The Morgan fingerprint density at radius 1 is 1.38 bits per heavy atom. The molecule has 5 nitrogen and oxygen atoms in total. The summed E-state index contributed by atoms with van der Waals surface area (Å²) in [5.41, 5.74) is 4.90. The summed E-state index contributed by atoms with van der Waals surface area (Å²) in [6.45, 7) is 1.69. The minimum Gasteiger partial charge on any atom is -0.308 e. The molecule has 2 rings (SSSR count). The molecule has 0 aliphatic carbocycles. The van der Waals surface area contributed by atoms with E-state index in [0.29, 0.717) is 5.02 Å². The normalized spacial score (nSPS) is 12.9. The SMILES string of the molecule is CN(C)CCn1ncc(Br)c1C(NN)c1ccc(Cl)cc1. The summed E-state index contributed by atoms with van der Waals surface area (Å²) in [5.74, 6) is 5.77. The molecule has 0 amide bonds. The number of aromatic nitrogens is 2. The zero-order valence-corrected chi connectivity index (χ0v) is 14.4. The molecule has 0 saturated heterocycles. The number of rotatable bonds is 6. The number of nitrogens with one attached hydrogen (secondary N) is 1. The van der Waals surface area contributed by atoms with E-state index < -0.39 is 0 Å². The van der Waals surface area contributed by atoms with E-state index >= 15 is 0 Å². The van der Waals surface area contributed by atoms with Crippen LogP contribution in [0.4, 0.5) is 0 Å². The lowest BCUT2D eigenvalue weighted by atomic mass is 10.0. The van der Waals surface area contributed by atoms with Crippen molar-refractivity contribution in [2.24, 2.45) is 5.84 Å². The second-order valence-corrected chi connectivity index (χ2v) is 6.35. The molecule has 0 saturated carbocycles. The highest BCUT2D eigenvalue weighted by Crippen LogP contribution is 2.28. The number of halogens is 2. The van der Waals surface area contributed by atoms with Crippen LogP contribution in [0.5, 0.6) is 0 Å². The Labute approximate surface area is 138 Å². The van der Waals surface area contributed by atoms with E-state index in [2.05, 4.69) is 31.4 Å². The Kier molecular flexibility index (Phi) is 5.78. The van der Waals surface area contributed by atoms with Gasteiger partial charge < -0.3 is 4.90 Å². The molecule has 0 aliphatic rings. The van der Waals surface area contributed by atoms with Crippen LogP contribution in [0.15, 0.2) is 34.9 Å². The quantitative estimate of drug-likeness (QED) is 0.604. The van der Waals surface area contributed by atoms with Crippen molar-refractivity contribution in [3.63, 3.8) is 0 Å². The fourth-order valence-corrected chi connectivity index (χ4v) is 2.77. The summed E-state index contributed by atoms with van der Waals surface area (Å²) >= 11 is 9.51. The van der Waals surface area contributed by atoms with Gasteiger partial charge in [0.05, 0.1) is 29.0 Å². The van der Waals surface area contributed by atoms with Crippen LogP contribution >= 0.6 is 27.5 Å². The van der Waals surface area contributed by atoms with E-state index in [4.69, 9.17) is 17.4 Å². The maximum Gasteiger partial charge on any atom is 0.0889 e. The average molecular weight is 373 g/mol. The van der Waals surface area contributed by atoms with E-state index in [9.17, 15) is 0 Å². The Hall–Kier alpha value is -0.920. The Morgan fingerprint density at radius 3 is 2.62 bits per heavy atom. The van der Waals surface area contributed by atoms with Gasteiger partial charge in [-0.25, -0.2) is 5.43 Å². The first-order valence-corrected chi connectivity index (χ1v) is 7.77. The van der Waals surface area contributed by atoms with Crippen LogP contribution in [0.3, 0.4) is 0 Å². The first-order chi connectivity index (χ1) is 10.0. The van der Waals surface area contributed by atoms with Crippen LogP contribution < -0.4 is 11.3 Å². The van der Waals surface area contributed by atoms with Gasteiger partial charge in [-0.1, -0.05) is 23.7 Å². The van der Waals surface area contributed by atoms with Crippen molar-refractivity contribution in [3.05, 3.63) is 51.2 Å². The molecular formula is C14H19BrClN5. The van der Waals surface area contributed by atoms with E-state index in [1.165, 1.54) is 0 Å². The van der Waals surface area contributed by atoms with Gasteiger partial charge in [0.25, 0.3) is 0 Å². The number of hydrogen-bond acceptors (Lipinski definition) is 4. The van der Waals surface area contributed by atoms with Gasteiger partial charge in [-0.2, -0.15) is 5.10 Å². The second-order valence-electron chi connectivity index (χ2n) is 5.06. The fourth-order valence-electron chi connectivity index (χ4n) is 2.12. The van der Waals surface area contributed by atoms with Crippen molar-refractivity contribution in [2.45, 2.75) is 12.6 Å². The molecule has 1 heterocycles. The maximum atomic E-state index is 5.95. The highest BCUT2D eigenvalue weighted by atomic mass is 79.9. The summed E-state index contributed by atoms with van der Waals surface area (Å²) in [4.78, 5) is 2.12. The summed E-state index contributed by atoms with van der Waals surface area (Å²) in [5, 5.41) is 5.12. The monoisotopic (exact) mass is 371 g/mol. The molecular weight excluding hydrogens is 354 g/mol. The van der Waals surface area contributed by atoms with Crippen molar-refractivity contribution in [1.82, 2.24) is 20.1 Å². The third kappa shape index (κ3) is 4.05. The van der Waals surface area contributed by atoms with Gasteiger partial charge in [0, 0.05) is 11.6 Å². The molecule has 0 fully saturated rings. The van der Waals surface area contributed by atoms with Crippen LogP contribution in [0.25, 0.3) is 0 Å². The maximum absolute atomic E-state index is 5.95. The van der Waals surface area contributed by atoms with Crippen molar-refractivity contribution in [3.8, 4) is 0 Å². The zero-order chi connectivity index (χ0) is 15.4. The number of likely N-dealkylation sites (N-methyl/N-ethyl adjacent to an activating group) is 1. The topological polar surface area (TPSA) is 59.1 Å². The molecule has 0 aliphatic heterocycles. The average Bonchev–Trinajstić information content (AvgIpc) is 2.81. The van der Waals surface area contributed by atoms with Gasteiger partial charge in [0.1, 0.15) is 0 Å². The highest BCUT2D eigenvalue weighted by Gasteiger charge is 2.20. The molecule has 21 heavy (non-hydrogen) atoms. The van der Waals surface area contributed by atoms with Gasteiger partial charge in [-0.3, -0.25) is 10.5 Å². The number of hydrogen-bond donors (Lipinski definition) is 2. The van der Waals surface area contributed by atoms with Gasteiger partial charge >= 0.3 is 0 Å². The van der Waals surface area contributed by atoms with E-state index in [0.717, 1.165) is 28.8 Å². The summed E-state index contributed by atoms with van der Waals surface area (Å²) in [6.07, 6.45) is 1.80. The van der Waals surface area contributed by atoms with Crippen molar-refractivity contribution >= 4 is 27.5 Å². The number of benzene rings is 1. The fraction of sp³-hybridized carbons (Fsp3) is 0.357. The summed E-state index contributed by atoms with van der Waals surface area (Å²) in [6, 6.07) is 7.48. The van der Waals surface area contributed by atoms with E-state index in [1.54, 1.807) is 6.20 Å². The van der Waals surface area contributed by atoms with Crippen LogP contribution in [0, 0.1) is 0 Å². The Bertz CT molecular complexity index is 582. The van der Waals surface area contributed by atoms with Crippen molar-refractivity contribution in [1.29, 1.82) is 0 Å². The smallest absolute Gasteiger partial charge is 0.0889 e. The third-order valence-electron chi connectivity index (χ3n) is 3.24. The second kappa shape index (κ2) is 7.38. The lowest BCUT2D eigenvalue weighted by Crippen LogP contribution is -2.32. The van der Waals surface area contributed by atoms with Crippen molar-refractivity contribution in [2.75, 3.05) is 20.6 Å². The summed E-state index contributed by atoms with van der Waals surface area (Å²) in [7, 11) is 4.08. The Morgan fingerprint density at radius 2 is 2.05 bits per heavy atom. The minimum atomic E-state index is -0.152. The molecule has 7 heteroatoms. The predicted molar refractivity (Wildman–Crippen MR) is 89.1 cm³/mol. The van der Waals surface area contributed by atoms with Gasteiger partial charge in [0.15, 0.2) is 0 Å². The van der Waals surface area contributed by atoms with E-state index in [-0.39, 0.29) is 6.04 Å². The lowest BCUT2D eigenvalue weighted by Gasteiger charge is -2.20. The van der Waals surface area contributed by atoms with Crippen LogP contribution in [-0.2, 0) is 6.54 Å². The predicted octanol–water partition coefficient (Wildman–Crippen LogP) is 2.41. The van der Waals surface area contributed by atoms with Crippen LogP contribution in [0.2, 0.25) is 5.02 Å². The molecule has 1 unspecified atom stereocenters. The van der Waals surface area contributed by atoms with Crippen LogP contribution in [0.1, 0.15) is 17.3 Å². The Balaban J connectivity index is 2.33. The van der Waals surface area contributed by atoms with Crippen molar-refractivity contribution < 1.29 is 0 Å². The molecule has 3 N–H and O–H groups in total. The molecule has 1 aromatic heterocycles. The molecule has 0 radical (unpaired) electrons. The van der Waals surface area contributed by atoms with Gasteiger partial charge in [0.2, 0.25) is 0 Å². The molecule has 1 atom stereocenters. The molecule has 0 bridgehead atoms. The minimum absolute atomic E-state index is 0.152. The molecule has 0 spiro atoms. The molecule has 2 aromatic rings. The van der Waals surface area contributed by atoms with E-state index in [1.807, 2.05) is 43.0 Å².